The molecule has 30 heavy (non-hydrogen) atoms. The zero-order valence-electron chi connectivity index (χ0n) is 16.6. The Kier molecular flexibility index (Phi) is 6.79. The van der Waals surface area contributed by atoms with E-state index in [1.54, 1.807) is 66.4 Å². The van der Waals surface area contributed by atoms with Gasteiger partial charge < -0.3 is 15.0 Å². The predicted molar refractivity (Wildman–Crippen MR) is 110 cm³/mol. The minimum absolute atomic E-state index is 0.0523. The maximum atomic E-state index is 12.7. The third-order valence-corrected chi connectivity index (χ3v) is 4.63. The molecule has 0 radical (unpaired) electrons. The van der Waals surface area contributed by atoms with E-state index in [1.807, 2.05) is 0 Å². The van der Waals surface area contributed by atoms with Crippen LogP contribution in [0.4, 0.5) is 10.5 Å². The van der Waals surface area contributed by atoms with Crippen molar-refractivity contribution < 1.29 is 23.9 Å². The van der Waals surface area contributed by atoms with Crippen LogP contribution in [0.25, 0.3) is 0 Å². The van der Waals surface area contributed by atoms with E-state index in [-0.39, 0.29) is 11.5 Å². The molecule has 1 fully saturated rings. The fourth-order valence-electron chi connectivity index (χ4n) is 3.16. The van der Waals surface area contributed by atoms with E-state index in [0.717, 1.165) is 6.42 Å². The molecule has 2 aromatic carbocycles. The monoisotopic (exact) mass is 409 g/mol. The number of anilines is 1. The molecule has 1 saturated heterocycles. The van der Waals surface area contributed by atoms with E-state index in [0.29, 0.717) is 30.8 Å². The summed E-state index contributed by atoms with van der Waals surface area (Å²) in [6.07, 6.45) is 0.0342. The summed E-state index contributed by atoms with van der Waals surface area (Å²) in [6.45, 7) is 2.72. The van der Waals surface area contributed by atoms with Gasteiger partial charge in [0.15, 0.2) is 0 Å². The molecule has 0 aliphatic carbocycles. The summed E-state index contributed by atoms with van der Waals surface area (Å²) < 4.78 is 5.44. The minimum atomic E-state index is -1.29. The minimum Gasteiger partial charge on any atom is -0.444 e. The Morgan fingerprint density at radius 3 is 2.37 bits per heavy atom. The molecular weight excluding hydrogens is 386 g/mol. The molecule has 8 heteroatoms. The second-order valence-corrected chi connectivity index (χ2v) is 6.74. The number of benzene rings is 2. The zero-order valence-corrected chi connectivity index (χ0v) is 16.6. The van der Waals surface area contributed by atoms with Crippen molar-refractivity contribution >= 4 is 29.5 Å². The Labute approximate surface area is 174 Å². The lowest BCUT2D eigenvalue weighted by Crippen LogP contribution is -2.42. The highest BCUT2D eigenvalue weighted by molar-refractivity contribution is 5.99. The van der Waals surface area contributed by atoms with Crippen LogP contribution in [-0.2, 0) is 14.3 Å². The summed E-state index contributed by atoms with van der Waals surface area (Å²) in [6, 6.07) is 14.2. The molecule has 0 aromatic heterocycles. The molecule has 2 aromatic rings. The average Bonchev–Trinajstić information content (AvgIpc) is 3.18. The first-order valence-corrected chi connectivity index (χ1v) is 9.74. The number of hydrogen-bond acceptors (Lipinski definition) is 5. The number of rotatable bonds is 6. The summed E-state index contributed by atoms with van der Waals surface area (Å²) in [5, 5.41) is 4.64. The molecule has 0 bridgehead atoms. The first-order chi connectivity index (χ1) is 14.5. The van der Waals surface area contributed by atoms with Crippen LogP contribution in [0.5, 0.6) is 0 Å². The largest absolute Gasteiger partial charge is 0.444 e. The highest BCUT2D eigenvalue weighted by atomic mass is 16.5. The van der Waals surface area contributed by atoms with E-state index < -0.39 is 24.0 Å². The lowest BCUT2D eigenvalue weighted by Gasteiger charge is -2.18. The van der Waals surface area contributed by atoms with E-state index >= 15 is 0 Å². The van der Waals surface area contributed by atoms with Crippen LogP contribution in [0.15, 0.2) is 54.6 Å². The molecule has 1 aliphatic rings. The molecule has 0 spiro atoms. The van der Waals surface area contributed by atoms with E-state index in [9.17, 15) is 19.2 Å². The molecule has 2 N–H and O–H groups in total. The first kappa shape index (κ1) is 21.0. The smallest absolute Gasteiger partial charge is 0.339 e. The van der Waals surface area contributed by atoms with Crippen molar-refractivity contribution in [3.8, 4) is 0 Å². The Morgan fingerprint density at radius 1 is 1.07 bits per heavy atom. The number of carbonyl (C=O) groups excluding carboxylic acids is 4. The highest BCUT2D eigenvalue weighted by Gasteiger charge is 2.27. The number of ether oxygens (including phenoxy) is 1. The van der Waals surface area contributed by atoms with Crippen LogP contribution in [0.2, 0.25) is 0 Å². The summed E-state index contributed by atoms with van der Waals surface area (Å²) in [7, 11) is 0. The fraction of sp³-hybridized carbons (Fsp3) is 0.273. The molecule has 0 saturated carbocycles. The van der Waals surface area contributed by atoms with Gasteiger partial charge >= 0.3 is 12.0 Å². The normalized spacial score (nSPS) is 14.2. The summed E-state index contributed by atoms with van der Waals surface area (Å²) in [5.41, 5.74) is 1.38. The van der Waals surface area contributed by atoms with E-state index in [1.165, 1.54) is 0 Å². The predicted octanol–water partition coefficient (Wildman–Crippen LogP) is 2.56. The summed E-state index contributed by atoms with van der Waals surface area (Å²) in [5.74, 6) is -1.41. The van der Waals surface area contributed by atoms with Gasteiger partial charge in [0.1, 0.15) is 0 Å². The van der Waals surface area contributed by atoms with Crippen molar-refractivity contribution in [1.82, 2.24) is 10.6 Å². The SMILES string of the molecule is CCNC(=O)NC(=O)[C@@H](OC(=O)c1ccc(N2CCCC2=O)cc1)c1ccccc1. The van der Waals surface area contributed by atoms with Crippen LogP contribution < -0.4 is 15.5 Å². The van der Waals surface area contributed by atoms with Gasteiger partial charge in [0.25, 0.3) is 5.91 Å². The second kappa shape index (κ2) is 9.69. The number of imide groups is 1. The molecule has 0 unspecified atom stereocenters. The number of nitrogens with zero attached hydrogens (tertiary/aromatic N) is 1. The van der Waals surface area contributed by atoms with Gasteiger partial charge in [-0.1, -0.05) is 30.3 Å². The van der Waals surface area contributed by atoms with Gasteiger partial charge in [0, 0.05) is 30.8 Å². The van der Waals surface area contributed by atoms with Gasteiger partial charge in [0.05, 0.1) is 5.56 Å². The highest BCUT2D eigenvalue weighted by Crippen LogP contribution is 2.23. The molecule has 1 atom stereocenters. The lowest BCUT2D eigenvalue weighted by molar-refractivity contribution is -0.129. The molecule has 4 amide bonds. The second-order valence-electron chi connectivity index (χ2n) is 6.74. The van der Waals surface area contributed by atoms with Gasteiger partial charge in [0.2, 0.25) is 12.0 Å². The Hall–Kier alpha value is -3.68. The Morgan fingerprint density at radius 2 is 1.77 bits per heavy atom. The van der Waals surface area contributed by atoms with Crippen molar-refractivity contribution in [1.29, 1.82) is 0 Å². The van der Waals surface area contributed by atoms with Crippen LogP contribution in [0, 0.1) is 0 Å². The van der Waals surface area contributed by atoms with Crippen LogP contribution in [0.1, 0.15) is 41.8 Å². The number of amides is 4. The number of hydrogen-bond donors (Lipinski definition) is 2. The van der Waals surface area contributed by atoms with Crippen molar-refractivity contribution in [3.63, 3.8) is 0 Å². The summed E-state index contributed by atoms with van der Waals surface area (Å²) >= 11 is 0. The molecule has 156 valence electrons. The first-order valence-electron chi connectivity index (χ1n) is 9.74. The third kappa shape index (κ3) is 5.02. The van der Waals surface area contributed by atoms with Crippen molar-refractivity contribution in [2.45, 2.75) is 25.9 Å². The topological polar surface area (TPSA) is 105 Å². The zero-order chi connectivity index (χ0) is 21.5. The van der Waals surface area contributed by atoms with E-state index in [2.05, 4.69) is 10.6 Å². The van der Waals surface area contributed by atoms with Crippen LogP contribution in [-0.4, -0.2) is 36.9 Å². The fourth-order valence-corrected chi connectivity index (χ4v) is 3.16. The van der Waals surface area contributed by atoms with Gasteiger partial charge in [-0.2, -0.15) is 0 Å². The van der Waals surface area contributed by atoms with E-state index in [4.69, 9.17) is 4.74 Å². The van der Waals surface area contributed by atoms with Gasteiger partial charge in [-0.25, -0.2) is 9.59 Å². The molecule has 1 aliphatic heterocycles. The number of nitrogens with one attached hydrogen (secondary N) is 2. The van der Waals surface area contributed by atoms with Crippen molar-refractivity contribution in [3.05, 3.63) is 65.7 Å². The molecule has 3 rings (SSSR count). The molecular formula is C22H23N3O5. The summed E-state index contributed by atoms with van der Waals surface area (Å²) in [4.78, 5) is 50.5. The number of carbonyl (C=O) groups is 4. The standard InChI is InChI=1S/C22H23N3O5/c1-2-23-22(29)24-20(27)19(15-7-4-3-5-8-15)30-21(28)16-10-12-17(13-11-16)25-14-6-9-18(25)26/h3-5,7-8,10-13,19H,2,6,9,14H2,1H3,(H2,23,24,27,29)/t19-/m0/s1. The van der Waals surface area contributed by atoms with Crippen LogP contribution in [0.3, 0.4) is 0 Å². The van der Waals surface area contributed by atoms with Crippen molar-refractivity contribution in [2.24, 2.45) is 0 Å². The van der Waals surface area contributed by atoms with Crippen molar-refractivity contribution in [2.75, 3.05) is 18.0 Å². The van der Waals surface area contributed by atoms with Crippen LogP contribution >= 0.6 is 0 Å². The van der Waals surface area contributed by atoms with Gasteiger partial charge in [-0.05, 0) is 37.6 Å². The van der Waals surface area contributed by atoms with Gasteiger partial charge in [-0.15, -0.1) is 0 Å². The molecule has 1 heterocycles. The quantitative estimate of drug-likeness (QED) is 0.714. The maximum Gasteiger partial charge on any atom is 0.339 e. The van der Waals surface area contributed by atoms with Gasteiger partial charge in [-0.3, -0.25) is 14.9 Å². The Bertz CT molecular complexity index is 928. The number of urea groups is 1. The Balaban J connectivity index is 1.75. The molecule has 8 nitrogen and oxygen atoms in total. The average molecular weight is 409 g/mol. The third-order valence-electron chi connectivity index (χ3n) is 4.63. The lowest BCUT2D eigenvalue weighted by atomic mass is 10.1. The number of esters is 1. The maximum absolute atomic E-state index is 12.7.